The maximum Gasteiger partial charge on any atom is 0.336 e. The molecule has 2 aromatic carbocycles. The first kappa shape index (κ1) is 18.4. The summed E-state index contributed by atoms with van der Waals surface area (Å²) in [6.07, 6.45) is 3.89. The number of carbonyl (C=O) groups excluding carboxylic acids is 1. The lowest BCUT2D eigenvalue weighted by Crippen LogP contribution is -2.17. The number of hydrogen-bond acceptors (Lipinski definition) is 3. The highest BCUT2D eigenvalue weighted by molar-refractivity contribution is 6.11. The number of carbonyl (C=O) groups is 2. The molecule has 2 N–H and O–H groups in total. The SMILES string of the molecule is Cc1ccc(-c2cn3cccc(C)c3n2)cc1NC(=O)c1ccccc1C(=O)O. The number of nitrogens with zero attached hydrogens (tertiary/aromatic N) is 2. The lowest BCUT2D eigenvalue weighted by Gasteiger charge is -2.11. The van der Waals surface area contributed by atoms with Gasteiger partial charge in [-0.25, -0.2) is 9.78 Å². The lowest BCUT2D eigenvalue weighted by atomic mass is 10.1. The van der Waals surface area contributed by atoms with Gasteiger partial charge in [0.1, 0.15) is 5.65 Å². The normalized spacial score (nSPS) is 10.8. The fourth-order valence-electron chi connectivity index (χ4n) is 3.27. The molecule has 0 aliphatic carbocycles. The summed E-state index contributed by atoms with van der Waals surface area (Å²) in [6, 6.07) is 15.8. The summed E-state index contributed by atoms with van der Waals surface area (Å²) in [5.74, 6) is -1.60. The molecule has 2 aromatic heterocycles. The summed E-state index contributed by atoms with van der Waals surface area (Å²) in [4.78, 5) is 28.8. The maximum absolute atomic E-state index is 12.7. The Morgan fingerprint density at radius 3 is 2.45 bits per heavy atom. The largest absolute Gasteiger partial charge is 0.478 e. The second-order valence-corrected chi connectivity index (χ2v) is 6.88. The number of carboxylic acids is 1. The molecule has 0 radical (unpaired) electrons. The first-order valence-electron chi connectivity index (χ1n) is 9.13. The van der Waals surface area contributed by atoms with E-state index in [1.54, 1.807) is 12.1 Å². The number of nitrogens with one attached hydrogen (secondary N) is 1. The van der Waals surface area contributed by atoms with Crippen molar-refractivity contribution in [2.24, 2.45) is 0 Å². The van der Waals surface area contributed by atoms with Crippen molar-refractivity contribution in [3.05, 3.63) is 89.2 Å². The summed E-state index contributed by atoms with van der Waals surface area (Å²) in [7, 11) is 0. The van der Waals surface area contributed by atoms with Crippen LogP contribution in [0.5, 0.6) is 0 Å². The second kappa shape index (κ2) is 7.24. The van der Waals surface area contributed by atoms with Gasteiger partial charge in [-0.2, -0.15) is 0 Å². The molecule has 0 spiro atoms. The van der Waals surface area contributed by atoms with E-state index in [1.165, 1.54) is 12.1 Å². The van der Waals surface area contributed by atoms with Crippen molar-refractivity contribution in [2.45, 2.75) is 13.8 Å². The van der Waals surface area contributed by atoms with Crippen LogP contribution in [0.25, 0.3) is 16.9 Å². The second-order valence-electron chi connectivity index (χ2n) is 6.88. The van der Waals surface area contributed by atoms with Crippen molar-refractivity contribution >= 4 is 23.2 Å². The van der Waals surface area contributed by atoms with E-state index in [2.05, 4.69) is 5.32 Å². The third kappa shape index (κ3) is 3.48. The average Bonchev–Trinajstić information content (AvgIpc) is 3.15. The topological polar surface area (TPSA) is 83.7 Å². The van der Waals surface area contributed by atoms with Gasteiger partial charge < -0.3 is 14.8 Å². The maximum atomic E-state index is 12.7. The van der Waals surface area contributed by atoms with Crippen molar-refractivity contribution in [1.29, 1.82) is 0 Å². The number of imidazole rings is 1. The summed E-state index contributed by atoms with van der Waals surface area (Å²) in [6.45, 7) is 3.89. The Morgan fingerprint density at radius 2 is 1.72 bits per heavy atom. The van der Waals surface area contributed by atoms with E-state index in [0.717, 1.165) is 28.0 Å². The fourth-order valence-corrected chi connectivity index (χ4v) is 3.27. The standard InChI is InChI=1S/C23H19N3O3/c1-14-9-10-16(20-13-26-11-5-6-15(2)21(26)24-20)12-19(14)25-22(27)17-7-3-4-8-18(17)23(28)29/h3-13H,1-2H3,(H,25,27)(H,28,29). The van der Waals surface area contributed by atoms with Crippen LogP contribution in [0.3, 0.4) is 0 Å². The molecule has 6 heteroatoms. The predicted octanol–water partition coefficient (Wildman–Crippen LogP) is 4.57. The van der Waals surface area contributed by atoms with Gasteiger partial charge in [0.05, 0.1) is 16.8 Å². The molecule has 1 amide bonds. The van der Waals surface area contributed by atoms with Crippen LogP contribution >= 0.6 is 0 Å². The molecule has 144 valence electrons. The minimum absolute atomic E-state index is 0.0327. The van der Waals surface area contributed by atoms with Crippen LogP contribution in [-0.2, 0) is 0 Å². The number of hydrogen-bond donors (Lipinski definition) is 2. The Balaban J connectivity index is 1.69. The molecule has 0 unspecified atom stereocenters. The number of carboxylic acid groups (broad SMARTS) is 1. The number of rotatable bonds is 4. The molecular formula is C23H19N3O3. The Kier molecular flexibility index (Phi) is 4.60. The summed E-state index contributed by atoms with van der Waals surface area (Å²) in [5.41, 5.74) is 5.18. The molecule has 4 rings (SSSR count). The smallest absolute Gasteiger partial charge is 0.336 e. The molecule has 0 aliphatic heterocycles. The predicted molar refractivity (Wildman–Crippen MR) is 111 cm³/mol. The third-order valence-electron chi connectivity index (χ3n) is 4.86. The number of aromatic carboxylic acids is 1. The molecule has 6 nitrogen and oxygen atoms in total. The van der Waals surface area contributed by atoms with Gasteiger partial charge in [-0.05, 0) is 49.2 Å². The van der Waals surface area contributed by atoms with Crippen molar-refractivity contribution in [3.8, 4) is 11.3 Å². The molecule has 0 saturated carbocycles. The Labute approximate surface area is 167 Å². The molecule has 0 bridgehead atoms. The molecule has 29 heavy (non-hydrogen) atoms. The minimum atomic E-state index is -1.14. The summed E-state index contributed by atoms with van der Waals surface area (Å²) < 4.78 is 1.96. The van der Waals surface area contributed by atoms with Crippen molar-refractivity contribution in [2.75, 3.05) is 5.32 Å². The zero-order valence-electron chi connectivity index (χ0n) is 16.0. The number of anilines is 1. The van der Waals surface area contributed by atoms with Crippen molar-refractivity contribution in [3.63, 3.8) is 0 Å². The molecule has 0 atom stereocenters. The number of aromatic nitrogens is 2. The van der Waals surface area contributed by atoms with E-state index < -0.39 is 11.9 Å². The lowest BCUT2D eigenvalue weighted by molar-refractivity contribution is 0.0692. The van der Waals surface area contributed by atoms with Crippen LogP contribution in [0.4, 0.5) is 5.69 Å². The van der Waals surface area contributed by atoms with E-state index in [1.807, 2.05) is 61.0 Å². The Morgan fingerprint density at radius 1 is 0.966 bits per heavy atom. The van der Waals surface area contributed by atoms with Gasteiger partial charge in [0.2, 0.25) is 0 Å². The fraction of sp³-hybridized carbons (Fsp3) is 0.0870. The molecule has 0 fully saturated rings. The summed E-state index contributed by atoms with van der Waals surface area (Å²) in [5, 5.41) is 12.2. The monoisotopic (exact) mass is 385 g/mol. The average molecular weight is 385 g/mol. The van der Waals surface area contributed by atoms with Gasteiger partial charge in [0, 0.05) is 23.6 Å². The first-order valence-corrected chi connectivity index (χ1v) is 9.13. The number of aryl methyl sites for hydroxylation is 2. The van der Waals surface area contributed by atoms with Gasteiger partial charge in [0.15, 0.2) is 0 Å². The highest BCUT2D eigenvalue weighted by atomic mass is 16.4. The van der Waals surface area contributed by atoms with Gasteiger partial charge in [-0.1, -0.05) is 30.3 Å². The van der Waals surface area contributed by atoms with E-state index >= 15 is 0 Å². The van der Waals surface area contributed by atoms with Gasteiger partial charge in [-0.15, -0.1) is 0 Å². The van der Waals surface area contributed by atoms with E-state index in [-0.39, 0.29) is 11.1 Å². The molecule has 0 aliphatic rings. The van der Waals surface area contributed by atoms with E-state index in [9.17, 15) is 14.7 Å². The Hall–Kier alpha value is -3.93. The highest BCUT2D eigenvalue weighted by Crippen LogP contribution is 2.26. The van der Waals surface area contributed by atoms with Crippen molar-refractivity contribution < 1.29 is 14.7 Å². The van der Waals surface area contributed by atoms with Crippen LogP contribution in [0, 0.1) is 13.8 Å². The number of fused-ring (bicyclic) bond motifs is 1. The van der Waals surface area contributed by atoms with Crippen molar-refractivity contribution in [1.82, 2.24) is 9.38 Å². The third-order valence-corrected chi connectivity index (χ3v) is 4.86. The zero-order chi connectivity index (χ0) is 20.5. The quantitative estimate of drug-likeness (QED) is 0.539. The summed E-state index contributed by atoms with van der Waals surface area (Å²) >= 11 is 0. The number of benzene rings is 2. The van der Waals surface area contributed by atoms with Crippen LogP contribution in [0.2, 0.25) is 0 Å². The highest BCUT2D eigenvalue weighted by Gasteiger charge is 2.17. The number of pyridine rings is 1. The van der Waals surface area contributed by atoms with Gasteiger partial charge in [0.25, 0.3) is 5.91 Å². The molecule has 4 aromatic rings. The van der Waals surface area contributed by atoms with E-state index in [4.69, 9.17) is 4.98 Å². The zero-order valence-corrected chi connectivity index (χ0v) is 16.0. The van der Waals surface area contributed by atoms with Crippen LogP contribution in [0.15, 0.2) is 67.0 Å². The van der Waals surface area contributed by atoms with Gasteiger partial charge >= 0.3 is 5.97 Å². The van der Waals surface area contributed by atoms with Crippen LogP contribution in [-0.4, -0.2) is 26.4 Å². The molecular weight excluding hydrogens is 366 g/mol. The first-order chi connectivity index (χ1) is 13.9. The number of amides is 1. The van der Waals surface area contributed by atoms with E-state index in [0.29, 0.717) is 5.69 Å². The minimum Gasteiger partial charge on any atom is -0.478 e. The molecule has 2 heterocycles. The van der Waals surface area contributed by atoms with Gasteiger partial charge in [-0.3, -0.25) is 4.79 Å². The van der Waals surface area contributed by atoms with Crippen LogP contribution in [0.1, 0.15) is 31.8 Å². The van der Waals surface area contributed by atoms with Crippen LogP contribution < -0.4 is 5.32 Å². The molecule has 0 saturated heterocycles. The Bertz CT molecular complexity index is 1260.